The standard InChI is InChI=1S/C14H21N3O2.2ClH/c1-11(19-13-6-3-7-16-9-13)14(18)17-8-4-5-12(10-17)15-2;;/h3,6-7,9,11-12,15H,4-5,8,10H2,1-2H3;2*1H. The third-order valence-corrected chi connectivity index (χ3v) is 3.44. The van der Waals surface area contributed by atoms with Crippen LogP contribution in [0.4, 0.5) is 0 Å². The van der Waals surface area contributed by atoms with Gasteiger partial charge in [-0.05, 0) is 38.9 Å². The maximum Gasteiger partial charge on any atom is 0.263 e. The number of hydrogen-bond acceptors (Lipinski definition) is 4. The molecule has 1 aliphatic rings. The van der Waals surface area contributed by atoms with Gasteiger partial charge in [0.2, 0.25) is 0 Å². The molecule has 1 aliphatic heterocycles. The molecule has 1 saturated heterocycles. The van der Waals surface area contributed by atoms with Gasteiger partial charge in [-0.3, -0.25) is 9.78 Å². The number of hydrogen-bond donors (Lipinski definition) is 1. The van der Waals surface area contributed by atoms with Gasteiger partial charge in [0.15, 0.2) is 6.10 Å². The molecule has 2 rings (SSSR count). The zero-order valence-electron chi connectivity index (χ0n) is 12.3. The van der Waals surface area contributed by atoms with E-state index in [0.29, 0.717) is 11.8 Å². The van der Waals surface area contributed by atoms with Crippen molar-refractivity contribution in [2.45, 2.75) is 31.9 Å². The van der Waals surface area contributed by atoms with E-state index in [0.717, 1.165) is 25.9 Å². The molecule has 1 aromatic heterocycles. The van der Waals surface area contributed by atoms with Crippen molar-refractivity contribution in [1.82, 2.24) is 15.2 Å². The predicted octanol–water partition coefficient (Wildman–Crippen LogP) is 1.90. The largest absolute Gasteiger partial charge is 0.479 e. The van der Waals surface area contributed by atoms with Gasteiger partial charge in [-0.1, -0.05) is 0 Å². The van der Waals surface area contributed by atoms with E-state index in [1.807, 2.05) is 18.0 Å². The van der Waals surface area contributed by atoms with Crippen LogP contribution in [-0.2, 0) is 4.79 Å². The SMILES string of the molecule is CNC1CCCN(C(=O)C(C)Oc2cccnc2)C1.Cl.Cl. The Morgan fingerprint density at radius 2 is 2.29 bits per heavy atom. The van der Waals surface area contributed by atoms with Gasteiger partial charge in [-0.2, -0.15) is 0 Å². The molecule has 2 heterocycles. The van der Waals surface area contributed by atoms with Crippen LogP contribution in [0.15, 0.2) is 24.5 Å². The molecule has 0 aromatic carbocycles. The zero-order chi connectivity index (χ0) is 13.7. The van der Waals surface area contributed by atoms with Crippen molar-refractivity contribution in [2.75, 3.05) is 20.1 Å². The molecule has 1 amide bonds. The summed E-state index contributed by atoms with van der Waals surface area (Å²) in [6.45, 7) is 3.37. The van der Waals surface area contributed by atoms with Crippen molar-refractivity contribution in [3.05, 3.63) is 24.5 Å². The molecule has 1 N–H and O–H groups in total. The molecule has 0 radical (unpaired) electrons. The minimum atomic E-state index is -0.472. The van der Waals surface area contributed by atoms with Crippen LogP contribution in [0.25, 0.3) is 0 Å². The van der Waals surface area contributed by atoms with Gasteiger partial charge in [-0.25, -0.2) is 0 Å². The molecule has 0 saturated carbocycles. The second kappa shape index (κ2) is 9.82. The molecular weight excluding hydrogens is 313 g/mol. The van der Waals surface area contributed by atoms with E-state index in [9.17, 15) is 4.79 Å². The van der Waals surface area contributed by atoms with Crippen LogP contribution < -0.4 is 10.1 Å². The fraction of sp³-hybridized carbons (Fsp3) is 0.571. The second-order valence-electron chi connectivity index (χ2n) is 4.86. The first-order chi connectivity index (χ1) is 9.20. The van der Waals surface area contributed by atoms with Crippen molar-refractivity contribution in [3.63, 3.8) is 0 Å². The number of halogens is 2. The van der Waals surface area contributed by atoms with Crippen LogP contribution in [0, 0.1) is 0 Å². The number of nitrogens with zero attached hydrogens (tertiary/aromatic N) is 2. The number of rotatable bonds is 4. The van der Waals surface area contributed by atoms with Gasteiger partial charge in [0.1, 0.15) is 5.75 Å². The highest BCUT2D eigenvalue weighted by molar-refractivity contribution is 5.85. The van der Waals surface area contributed by atoms with Gasteiger partial charge in [0, 0.05) is 25.3 Å². The maximum absolute atomic E-state index is 12.3. The number of carbonyl (C=O) groups is 1. The molecule has 2 atom stereocenters. The van der Waals surface area contributed by atoms with Gasteiger partial charge in [0.05, 0.1) is 6.20 Å². The van der Waals surface area contributed by atoms with Crippen LogP contribution in [0.1, 0.15) is 19.8 Å². The van der Waals surface area contributed by atoms with Crippen LogP contribution in [-0.4, -0.2) is 48.1 Å². The van der Waals surface area contributed by atoms with Crippen LogP contribution in [0.5, 0.6) is 5.75 Å². The van der Waals surface area contributed by atoms with E-state index in [4.69, 9.17) is 4.74 Å². The Kier molecular flexibility index (Phi) is 9.33. The smallest absolute Gasteiger partial charge is 0.263 e. The fourth-order valence-corrected chi connectivity index (χ4v) is 2.34. The summed E-state index contributed by atoms with van der Waals surface area (Å²) >= 11 is 0. The number of aromatic nitrogens is 1. The minimum absolute atomic E-state index is 0. The minimum Gasteiger partial charge on any atom is -0.479 e. The molecule has 0 bridgehead atoms. The summed E-state index contributed by atoms with van der Waals surface area (Å²) in [4.78, 5) is 18.2. The van der Waals surface area contributed by atoms with E-state index >= 15 is 0 Å². The highest BCUT2D eigenvalue weighted by Gasteiger charge is 2.27. The number of likely N-dealkylation sites (tertiary alicyclic amines) is 1. The summed E-state index contributed by atoms with van der Waals surface area (Å²) < 4.78 is 5.62. The van der Waals surface area contributed by atoms with E-state index < -0.39 is 6.10 Å². The van der Waals surface area contributed by atoms with E-state index in [2.05, 4.69) is 10.3 Å². The summed E-state index contributed by atoms with van der Waals surface area (Å²) in [6.07, 6.45) is 4.99. The lowest BCUT2D eigenvalue weighted by molar-refractivity contribution is -0.139. The van der Waals surface area contributed by atoms with Crippen LogP contribution >= 0.6 is 24.8 Å². The van der Waals surface area contributed by atoms with Crippen LogP contribution in [0.3, 0.4) is 0 Å². The van der Waals surface area contributed by atoms with Gasteiger partial charge in [-0.15, -0.1) is 24.8 Å². The molecule has 1 aromatic rings. The zero-order valence-corrected chi connectivity index (χ0v) is 14.0. The summed E-state index contributed by atoms with van der Waals surface area (Å²) in [6, 6.07) is 4.00. The molecule has 0 aliphatic carbocycles. The lowest BCUT2D eigenvalue weighted by atomic mass is 10.1. The Balaban J connectivity index is 0.00000200. The third-order valence-electron chi connectivity index (χ3n) is 3.44. The number of nitrogens with one attached hydrogen (secondary N) is 1. The number of pyridine rings is 1. The quantitative estimate of drug-likeness (QED) is 0.913. The summed E-state index contributed by atoms with van der Waals surface area (Å²) in [5.41, 5.74) is 0. The van der Waals surface area contributed by atoms with E-state index in [1.54, 1.807) is 25.4 Å². The normalized spacial score (nSPS) is 19.0. The van der Waals surface area contributed by atoms with Crippen LogP contribution in [0.2, 0.25) is 0 Å². The Bertz CT molecular complexity index is 420. The fourth-order valence-electron chi connectivity index (χ4n) is 2.34. The number of ether oxygens (including phenoxy) is 1. The number of piperidine rings is 1. The van der Waals surface area contributed by atoms with Crippen molar-refractivity contribution >= 4 is 30.7 Å². The predicted molar refractivity (Wildman–Crippen MR) is 87.5 cm³/mol. The van der Waals surface area contributed by atoms with Gasteiger partial charge >= 0.3 is 0 Å². The number of amides is 1. The van der Waals surface area contributed by atoms with Crippen molar-refractivity contribution in [1.29, 1.82) is 0 Å². The third kappa shape index (κ3) is 5.69. The lowest BCUT2D eigenvalue weighted by Crippen LogP contribution is -2.50. The Hall–Kier alpha value is -1.04. The average molecular weight is 336 g/mol. The Morgan fingerprint density at radius 3 is 2.90 bits per heavy atom. The molecule has 0 spiro atoms. The number of likely N-dealkylation sites (N-methyl/N-ethyl adjacent to an activating group) is 1. The first-order valence-corrected chi connectivity index (χ1v) is 6.73. The van der Waals surface area contributed by atoms with Gasteiger partial charge in [0.25, 0.3) is 5.91 Å². The molecule has 21 heavy (non-hydrogen) atoms. The molecule has 7 heteroatoms. The first-order valence-electron chi connectivity index (χ1n) is 6.73. The first kappa shape index (κ1) is 20.0. The average Bonchev–Trinajstić information content (AvgIpc) is 2.47. The monoisotopic (exact) mass is 335 g/mol. The van der Waals surface area contributed by atoms with Crippen molar-refractivity contribution in [2.24, 2.45) is 0 Å². The highest BCUT2D eigenvalue weighted by Crippen LogP contribution is 2.14. The van der Waals surface area contributed by atoms with E-state index in [-0.39, 0.29) is 30.7 Å². The molecule has 1 fully saturated rings. The summed E-state index contributed by atoms with van der Waals surface area (Å²) in [7, 11) is 1.94. The van der Waals surface area contributed by atoms with Crippen molar-refractivity contribution < 1.29 is 9.53 Å². The summed E-state index contributed by atoms with van der Waals surface area (Å²) in [5, 5.41) is 3.23. The maximum atomic E-state index is 12.3. The van der Waals surface area contributed by atoms with E-state index in [1.165, 1.54) is 0 Å². The molecular formula is C14H23Cl2N3O2. The van der Waals surface area contributed by atoms with Crippen molar-refractivity contribution in [3.8, 4) is 5.75 Å². The Morgan fingerprint density at radius 1 is 1.52 bits per heavy atom. The molecule has 120 valence electrons. The highest BCUT2D eigenvalue weighted by atomic mass is 35.5. The topological polar surface area (TPSA) is 54.5 Å². The second-order valence-corrected chi connectivity index (χ2v) is 4.86. The Labute approximate surface area is 138 Å². The van der Waals surface area contributed by atoms with Gasteiger partial charge < -0.3 is 15.0 Å². The lowest BCUT2D eigenvalue weighted by Gasteiger charge is -2.34. The summed E-state index contributed by atoms with van der Waals surface area (Å²) in [5.74, 6) is 0.675. The number of carbonyl (C=O) groups excluding carboxylic acids is 1. The molecule has 5 nitrogen and oxygen atoms in total. The molecule has 2 unspecified atom stereocenters.